The summed E-state index contributed by atoms with van der Waals surface area (Å²) in [4.78, 5) is 21.9. The van der Waals surface area contributed by atoms with Gasteiger partial charge in [-0.25, -0.2) is 0 Å². The minimum absolute atomic E-state index is 0.00356. The number of carbonyl (C=O) groups excluding carboxylic acids is 1. The molecule has 0 aromatic heterocycles. The highest BCUT2D eigenvalue weighted by Gasteiger charge is 2.19. The summed E-state index contributed by atoms with van der Waals surface area (Å²) in [6.45, 7) is 1.72. The van der Waals surface area contributed by atoms with Gasteiger partial charge in [0.15, 0.2) is 0 Å². The Morgan fingerprint density at radius 3 is 2.53 bits per heavy atom. The fourth-order valence-corrected chi connectivity index (χ4v) is 2.12. The van der Waals surface area contributed by atoms with Crippen molar-refractivity contribution in [1.82, 2.24) is 5.32 Å². The third-order valence-corrected chi connectivity index (χ3v) is 2.84. The average molecular weight is 213 g/mol. The molecule has 4 nitrogen and oxygen atoms in total. The molecule has 0 unspecified atom stereocenters. The van der Waals surface area contributed by atoms with E-state index in [0.717, 1.165) is 12.8 Å². The molecule has 1 saturated carbocycles. The van der Waals surface area contributed by atoms with Crippen LogP contribution in [0.1, 0.15) is 45.4 Å². The van der Waals surface area contributed by atoms with Gasteiger partial charge >= 0.3 is 5.97 Å². The Bertz CT molecular complexity index is 234. The van der Waals surface area contributed by atoms with Crippen LogP contribution in [-0.2, 0) is 9.59 Å². The van der Waals surface area contributed by atoms with Gasteiger partial charge in [-0.1, -0.05) is 12.8 Å². The molecule has 0 aromatic carbocycles. The van der Waals surface area contributed by atoms with Crippen molar-refractivity contribution in [2.24, 2.45) is 5.92 Å². The molecule has 0 saturated heterocycles. The lowest BCUT2D eigenvalue weighted by molar-refractivity contribution is -0.137. The largest absolute Gasteiger partial charge is 0.481 e. The average Bonchev–Trinajstić information content (AvgIpc) is 2.53. The summed E-state index contributed by atoms with van der Waals surface area (Å²) in [5.74, 6) is -0.360. The number of hydrogen-bond donors (Lipinski definition) is 2. The minimum Gasteiger partial charge on any atom is -0.481 e. The van der Waals surface area contributed by atoms with Crippen LogP contribution in [0.2, 0.25) is 0 Å². The molecule has 4 heteroatoms. The molecule has 0 spiro atoms. The molecule has 0 heterocycles. The molecular formula is C11H19NO3. The van der Waals surface area contributed by atoms with E-state index in [9.17, 15) is 9.59 Å². The molecule has 1 aliphatic rings. The Kier molecular flexibility index (Phi) is 4.59. The van der Waals surface area contributed by atoms with Gasteiger partial charge in [0.1, 0.15) is 0 Å². The molecule has 15 heavy (non-hydrogen) atoms. The van der Waals surface area contributed by atoms with Crippen molar-refractivity contribution >= 4 is 11.9 Å². The van der Waals surface area contributed by atoms with Gasteiger partial charge in [-0.05, 0) is 25.7 Å². The molecule has 0 bridgehead atoms. The van der Waals surface area contributed by atoms with Crippen LogP contribution in [0, 0.1) is 5.92 Å². The smallest absolute Gasteiger partial charge is 0.305 e. The fourth-order valence-electron chi connectivity index (χ4n) is 2.12. The van der Waals surface area contributed by atoms with E-state index in [1.54, 1.807) is 6.92 Å². The first-order valence-corrected chi connectivity index (χ1v) is 5.59. The number of carboxylic acids is 1. The van der Waals surface area contributed by atoms with E-state index < -0.39 is 5.97 Å². The second-order valence-corrected chi connectivity index (χ2v) is 4.42. The second kappa shape index (κ2) is 5.73. The van der Waals surface area contributed by atoms with Gasteiger partial charge < -0.3 is 10.4 Å². The summed E-state index contributed by atoms with van der Waals surface area (Å²) < 4.78 is 0. The molecule has 1 rings (SSSR count). The summed E-state index contributed by atoms with van der Waals surface area (Å²) in [6, 6.07) is -0.267. The number of hydrogen-bond acceptors (Lipinski definition) is 2. The highest BCUT2D eigenvalue weighted by Crippen LogP contribution is 2.27. The first-order chi connectivity index (χ1) is 7.08. The Morgan fingerprint density at radius 2 is 2.00 bits per heavy atom. The zero-order valence-corrected chi connectivity index (χ0v) is 9.16. The topological polar surface area (TPSA) is 66.4 Å². The summed E-state index contributed by atoms with van der Waals surface area (Å²) in [5.41, 5.74) is 0. The number of amides is 1. The first-order valence-electron chi connectivity index (χ1n) is 5.59. The molecule has 2 N–H and O–H groups in total. The van der Waals surface area contributed by atoms with E-state index in [1.165, 1.54) is 12.8 Å². The second-order valence-electron chi connectivity index (χ2n) is 4.42. The molecule has 1 amide bonds. The molecule has 1 aliphatic carbocycles. The monoisotopic (exact) mass is 213 g/mol. The van der Waals surface area contributed by atoms with Gasteiger partial charge in [-0.3, -0.25) is 9.59 Å². The highest BCUT2D eigenvalue weighted by molar-refractivity contribution is 5.77. The molecule has 0 radical (unpaired) electrons. The Hall–Kier alpha value is -1.06. The van der Waals surface area contributed by atoms with Crippen LogP contribution < -0.4 is 5.32 Å². The van der Waals surface area contributed by atoms with Crippen molar-refractivity contribution in [1.29, 1.82) is 0 Å². The summed E-state index contributed by atoms with van der Waals surface area (Å²) >= 11 is 0. The van der Waals surface area contributed by atoms with Gasteiger partial charge in [0, 0.05) is 12.5 Å². The normalized spacial score (nSPS) is 18.7. The first kappa shape index (κ1) is 12.0. The molecule has 0 aliphatic heterocycles. The van der Waals surface area contributed by atoms with E-state index in [0.29, 0.717) is 12.3 Å². The third-order valence-electron chi connectivity index (χ3n) is 2.84. The van der Waals surface area contributed by atoms with E-state index in [1.807, 2.05) is 0 Å². The molecule has 1 atom stereocenters. The van der Waals surface area contributed by atoms with Crippen LogP contribution in [0.25, 0.3) is 0 Å². The molecule has 0 aromatic rings. The SMILES string of the molecule is C[C@H](CC(=O)O)NC(=O)CC1CCCC1. The quantitative estimate of drug-likeness (QED) is 0.728. The Balaban J connectivity index is 2.19. The van der Waals surface area contributed by atoms with Gasteiger partial charge in [0.2, 0.25) is 5.91 Å². The number of rotatable bonds is 5. The Morgan fingerprint density at radius 1 is 1.40 bits per heavy atom. The standard InChI is InChI=1S/C11H19NO3/c1-8(6-11(14)15)12-10(13)7-9-4-2-3-5-9/h8-9H,2-7H2,1H3,(H,12,13)(H,14,15)/t8-/m1/s1. The number of carboxylic acid groups (broad SMARTS) is 1. The zero-order chi connectivity index (χ0) is 11.3. The maximum atomic E-state index is 11.5. The molecular weight excluding hydrogens is 194 g/mol. The van der Waals surface area contributed by atoms with E-state index in [4.69, 9.17) is 5.11 Å². The van der Waals surface area contributed by atoms with Gasteiger partial charge in [-0.2, -0.15) is 0 Å². The molecule has 1 fully saturated rings. The van der Waals surface area contributed by atoms with Gasteiger partial charge in [0.25, 0.3) is 0 Å². The summed E-state index contributed by atoms with van der Waals surface area (Å²) in [7, 11) is 0. The predicted molar refractivity (Wildman–Crippen MR) is 56.4 cm³/mol. The number of aliphatic carboxylic acids is 1. The Labute approximate surface area is 90.0 Å². The van der Waals surface area contributed by atoms with Gasteiger partial charge in [0.05, 0.1) is 6.42 Å². The number of nitrogens with one attached hydrogen (secondary N) is 1. The van der Waals surface area contributed by atoms with Crippen LogP contribution in [0.15, 0.2) is 0 Å². The van der Waals surface area contributed by atoms with Crippen molar-refractivity contribution in [3.8, 4) is 0 Å². The van der Waals surface area contributed by atoms with Crippen LogP contribution >= 0.6 is 0 Å². The maximum Gasteiger partial charge on any atom is 0.305 e. The van der Waals surface area contributed by atoms with Crippen molar-refractivity contribution < 1.29 is 14.7 Å². The van der Waals surface area contributed by atoms with E-state index in [-0.39, 0.29) is 18.4 Å². The summed E-state index contributed by atoms with van der Waals surface area (Å²) in [6.07, 6.45) is 5.28. The third kappa shape index (κ3) is 4.81. The minimum atomic E-state index is -0.872. The van der Waals surface area contributed by atoms with E-state index in [2.05, 4.69) is 5.32 Å². The zero-order valence-electron chi connectivity index (χ0n) is 9.16. The van der Waals surface area contributed by atoms with Crippen molar-refractivity contribution in [2.45, 2.75) is 51.5 Å². The predicted octanol–water partition coefficient (Wildman–Crippen LogP) is 1.55. The van der Waals surface area contributed by atoms with E-state index >= 15 is 0 Å². The van der Waals surface area contributed by atoms with Crippen LogP contribution in [0.3, 0.4) is 0 Å². The van der Waals surface area contributed by atoms with Crippen LogP contribution in [0.5, 0.6) is 0 Å². The van der Waals surface area contributed by atoms with Crippen molar-refractivity contribution in [3.05, 3.63) is 0 Å². The lowest BCUT2D eigenvalue weighted by Crippen LogP contribution is -2.34. The number of carbonyl (C=O) groups is 2. The highest BCUT2D eigenvalue weighted by atomic mass is 16.4. The van der Waals surface area contributed by atoms with Gasteiger partial charge in [-0.15, -0.1) is 0 Å². The molecule has 86 valence electrons. The van der Waals surface area contributed by atoms with Crippen LogP contribution in [-0.4, -0.2) is 23.0 Å². The van der Waals surface area contributed by atoms with Crippen molar-refractivity contribution in [3.63, 3.8) is 0 Å². The van der Waals surface area contributed by atoms with Crippen molar-refractivity contribution in [2.75, 3.05) is 0 Å². The van der Waals surface area contributed by atoms with Crippen LogP contribution in [0.4, 0.5) is 0 Å². The lowest BCUT2D eigenvalue weighted by atomic mass is 10.0. The fraction of sp³-hybridized carbons (Fsp3) is 0.818. The lowest BCUT2D eigenvalue weighted by Gasteiger charge is -2.13. The summed E-state index contributed by atoms with van der Waals surface area (Å²) in [5, 5.41) is 11.2. The maximum absolute atomic E-state index is 11.5.